The van der Waals surface area contributed by atoms with Crippen molar-refractivity contribution in [2.45, 2.75) is 65.5 Å². The molecule has 0 saturated carbocycles. The number of hydrogen-bond donors (Lipinski definition) is 4. The lowest BCUT2D eigenvalue weighted by Crippen LogP contribution is -2.46. The van der Waals surface area contributed by atoms with E-state index >= 15 is 0 Å². The second kappa shape index (κ2) is 18.3. The minimum atomic E-state index is -0.689. The van der Waals surface area contributed by atoms with Gasteiger partial charge in [-0.05, 0) is 97.9 Å². The predicted octanol–water partition coefficient (Wildman–Crippen LogP) is 4.63. The van der Waals surface area contributed by atoms with Crippen LogP contribution in [0, 0.1) is 25.7 Å². The number of nitrogens with one attached hydrogen (secondary N) is 2. The molecule has 16 nitrogen and oxygen atoms in total. The highest BCUT2D eigenvalue weighted by Crippen LogP contribution is 2.36. The van der Waals surface area contributed by atoms with Crippen LogP contribution in [0.25, 0.3) is 0 Å². The maximum Gasteiger partial charge on any atom is 0.313 e. The van der Waals surface area contributed by atoms with Crippen molar-refractivity contribution >= 4 is 46.6 Å². The average molecular weight is 767 g/mol. The highest BCUT2D eigenvalue weighted by Gasteiger charge is 2.36. The second-order valence-electron chi connectivity index (χ2n) is 14.3. The van der Waals surface area contributed by atoms with Crippen LogP contribution in [0.4, 0.5) is 23.0 Å². The zero-order valence-electron chi connectivity index (χ0n) is 32.6. The molecule has 56 heavy (non-hydrogen) atoms. The molecule has 2 saturated heterocycles. The van der Waals surface area contributed by atoms with E-state index in [9.17, 15) is 19.2 Å². The van der Waals surface area contributed by atoms with Crippen LogP contribution in [0.5, 0.6) is 11.8 Å². The molecule has 4 aromatic rings. The van der Waals surface area contributed by atoms with Crippen molar-refractivity contribution in [1.82, 2.24) is 29.7 Å². The van der Waals surface area contributed by atoms with Crippen molar-refractivity contribution in [1.29, 1.82) is 0 Å². The van der Waals surface area contributed by atoms with Gasteiger partial charge in [0.15, 0.2) is 0 Å². The zero-order chi connectivity index (χ0) is 40.5. The number of piperidine rings is 2. The number of pyridine rings is 4. The quantitative estimate of drug-likeness (QED) is 0.197. The number of amides is 4. The highest BCUT2D eigenvalue weighted by molar-refractivity contribution is 6.40. The van der Waals surface area contributed by atoms with Gasteiger partial charge in [-0.1, -0.05) is 13.8 Å². The lowest BCUT2D eigenvalue weighted by Gasteiger charge is -2.38. The number of nitrogens with zero attached hydrogens (tertiary/aromatic N) is 6. The number of rotatable bonds is 6. The molecule has 0 unspecified atom stereocenters. The highest BCUT2D eigenvalue weighted by atomic mass is 16.5. The summed E-state index contributed by atoms with van der Waals surface area (Å²) >= 11 is 0. The number of aromatic nitrogens is 4. The maximum atomic E-state index is 13.0. The molecule has 4 aromatic heterocycles. The third kappa shape index (κ3) is 10.0. The third-order valence-corrected chi connectivity index (χ3v) is 10.0. The number of hydrogen-bond acceptors (Lipinski definition) is 12. The molecule has 6 rings (SSSR count). The first kappa shape index (κ1) is 40.9. The maximum absolute atomic E-state index is 13.0. The van der Waals surface area contributed by atoms with Crippen LogP contribution in [0.1, 0.15) is 73.9 Å². The van der Waals surface area contributed by atoms with E-state index in [2.05, 4.69) is 44.4 Å². The molecule has 2 aliphatic rings. The van der Waals surface area contributed by atoms with Crippen LogP contribution in [0.15, 0.2) is 61.2 Å². The van der Waals surface area contributed by atoms with Crippen LogP contribution in [-0.4, -0.2) is 80.7 Å². The van der Waals surface area contributed by atoms with Gasteiger partial charge in [0.25, 0.3) is 0 Å². The Morgan fingerprint density at radius 3 is 1.39 bits per heavy atom. The van der Waals surface area contributed by atoms with E-state index in [1.807, 2.05) is 24.3 Å². The van der Waals surface area contributed by atoms with Crippen molar-refractivity contribution in [3.8, 4) is 11.8 Å². The number of carbonyl (C=O) groups is 4. The molecule has 0 radical (unpaired) electrons. The normalized spacial score (nSPS) is 19.2. The fraction of sp³-hybridized carbons (Fsp3) is 0.400. The molecule has 0 aromatic carbocycles. The van der Waals surface area contributed by atoms with Crippen molar-refractivity contribution in [3.05, 3.63) is 83.4 Å². The zero-order valence-corrected chi connectivity index (χ0v) is 32.6. The van der Waals surface area contributed by atoms with Gasteiger partial charge in [0.2, 0.25) is 11.8 Å². The summed E-state index contributed by atoms with van der Waals surface area (Å²) in [6, 6.07) is 10.3. The SMILES string of the molecule is COc1cc([C@@H]2CC[C@@H](C)CN2C(=O)C(=O)Nc2cnc(N)c(C)c2)ccn1.COc1cc([C@H]2CC[C@H](C)CN2C(=O)C(=O)Nc2cnc(N)c(C)c2)ccn1. The molecule has 296 valence electrons. The first-order chi connectivity index (χ1) is 26.8. The number of aryl methyl sites for hydroxylation is 2. The van der Waals surface area contributed by atoms with Crippen LogP contribution in [0.3, 0.4) is 0 Å². The Hall–Kier alpha value is -6.32. The molecule has 4 amide bonds. The molecule has 6 N–H and O–H groups in total. The molecule has 0 aliphatic carbocycles. The Balaban J connectivity index is 0.000000214. The van der Waals surface area contributed by atoms with Crippen LogP contribution in [-0.2, 0) is 19.2 Å². The largest absolute Gasteiger partial charge is 0.481 e. The number of carbonyl (C=O) groups excluding carboxylic acids is 4. The molecule has 6 heterocycles. The smallest absolute Gasteiger partial charge is 0.313 e. The van der Waals surface area contributed by atoms with Crippen molar-refractivity contribution in [2.75, 3.05) is 49.4 Å². The van der Waals surface area contributed by atoms with Gasteiger partial charge in [0.05, 0.1) is 50.1 Å². The van der Waals surface area contributed by atoms with E-state index in [0.29, 0.717) is 59.7 Å². The van der Waals surface area contributed by atoms with Crippen LogP contribution in [0.2, 0.25) is 0 Å². The lowest BCUT2D eigenvalue weighted by atomic mass is 9.90. The van der Waals surface area contributed by atoms with Gasteiger partial charge in [0, 0.05) is 37.6 Å². The number of nitrogens with two attached hydrogens (primary N) is 2. The van der Waals surface area contributed by atoms with E-state index in [1.165, 1.54) is 12.4 Å². The molecular weight excluding hydrogens is 717 g/mol. The van der Waals surface area contributed by atoms with Crippen LogP contribution >= 0.6 is 0 Å². The Morgan fingerprint density at radius 1 is 0.643 bits per heavy atom. The predicted molar refractivity (Wildman–Crippen MR) is 211 cm³/mol. The first-order valence-electron chi connectivity index (χ1n) is 18.5. The Labute approximate surface area is 326 Å². The number of likely N-dealkylation sites (tertiary alicyclic amines) is 2. The van der Waals surface area contributed by atoms with Crippen molar-refractivity contribution in [3.63, 3.8) is 0 Å². The molecule has 2 aliphatic heterocycles. The molecule has 0 bridgehead atoms. The fourth-order valence-electron chi connectivity index (χ4n) is 6.87. The summed E-state index contributed by atoms with van der Waals surface area (Å²) in [5.41, 5.74) is 15.6. The Kier molecular flexibility index (Phi) is 13.4. The standard InChI is InChI=1S/2C20H25N5O3/c2*1-12-4-5-16(14-6-7-22-17(9-14)28-3)25(11-12)20(27)19(26)24-15-8-13(2)18(21)23-10-15/h2*6-10,12,16H,4-5,11H2,1-3H3,(H2,21,23)(H,24,26)/t2*12-,16+/m10/s1. The topological polar surface area (TPSA) is 221 Å². The minimum absolute atomic E-state index is 0.197. The molecule has 0 spiro atoms. The van der Waals surface area contributed by atoms with Gasteiger partial charge in [-0.2, -0.15) is 0 Å². The van der Waals surface area contributed by atoms with Gasteiger partial charge < -0.3 is 41.4 Å². The average Bonchev–Trinajstić information content (AvgIpc) is 3.20. The number of methoxy groups -OCH3 is 2. The van der Waals surface area contributed by atoms with Crippen molar-refractivity contribution < 1.29 is 28.7 Å². The number of ether oxygens (including phenoxy) is 2. The summed E-state index contributed by atoms with van der Waals surface area (Å²) in [4.78, 5) is 70.7. The molecule has 2 fully saturated rings. The first-order valence-corrected chi connectivity index (χ1v) is 18.5. The lowest BCUT2D eigenvalue weighted by molar-refractivity contribution is -0.146. The summed E-state index contributed by atoms with van der Waals surface area (Å²) in [5.74, 6) is -0.135. The monoisotopic (exact) mass is 766 g/mol. The summed E-state index contributed by atoms with van der Waals surface area (Å²) in [5, 5.41) is 5.26. The molecular formula is C40H50N10O6. The Morgan fingerprint density at radius 2 is 1.04 bits per heavy atom. The summed E-state index contributed by atoms with van der Waals surface area (Å²) in [7, 11) is 3.10. The van der Waals surface area contributed by atoms with Gasteiger partial charge in [-0.25, -0.2) is 19.9 Å². The van der Waals surface area contributed by atoms with E-state index < -0.39 is 23.6 Å². The van der Waals surface area contributed by atoms with Gasteiger partial charge in [0.1, 0.15) is 11.6 Å². The Bertz CT molecular complexity index is 1920. The fourth-order valence-corrected chi connectivity index (χ4v) is 6.87. The van der Waals surface area contributed by atoms with E-state index in [4.69, 9.17) is 20.9 Å². The molecule has 4 atom stereocenters. The summed E-state index contributed by atoms with van der Waals surface area (Å²) < 4.78 is 10.4. The van der Waals surface area contributed by atoms with Gasteiger partial charge in [-0.15, -0.1) is 0 Å². The van der Waals surface area contributed by atoms with E-state index in [1.54, 1.807) is 62.4 Å². The number of nitrogen functional groups attached to an aromatic ring is 2. The number of anilines is 4. The van der Waals surface area contributed by atoms with Gasteiger partial charge in [-0.3, -0.25) is 19.2 Å². The van der Waals surface area contributed by atoms with E-state index in [-0.39, 0.29) is 12.1 Å². The molecule has 16 heteroatoms. The van der Waals surface area contributed by atoms with E-state index in [0.717, 1.165) is 47.9 Å². The third-order valence-electron chi connectivity index (χ3n) is 10.0. The minimum Gasteiger partial charge on any atom is -0.481 e. The van der Waals surface area contributed by atoms with Gasteiger partial charge >= 0.3 is 23.6 Å². The van der Waals surface area contributed by atoms with Crippen LogP contribution < -0.4 is 31.6 Å². The summed E-state index contributed by atoms with van der Waals surface area (Å²) in [6.45, 7) is 8.77. The summed E-state index contributed by atoms with van der Waals surface area (Å²) in [6.07, 6.45) is 9.68. The van der Waals surface area contributed by atoms with Crippen molar-refractivity contribution in [2.24, 2.45) is 11.8 Å². The second-order valence-corrected chi connectivity index (χ2v) is 14.3.